The smallest absolute Gasteiger partial charge is 0.307 e. The quantitative estimate of drug-likeness (QED) is 0.767. The monoisotopic (exact) mass is 400 g/mol. The molecule has 0 unspecified atom stereocenters. The van der Waals surface area contributed by atoms with Gasteiger partial charge in [0.2, 0.25) is 0 Å². The molecule has 2 aromatic rings. The third-order valence-corrected chi connectivity index (χ3v) is 7.78. The van der Waals surface area contributed by atoms with Gasteiger partial charge in [-0.15, -0.1) is 11.3 Å². The molecule has 1 aromatic heterocycles. The first-order chi connectivity index (χ1) is 13.2. The number of anilines is 1. The number of thiazole rings is 1. The molecule has 1 aromatic carbocycles. The van der Waals surface area contributed by atoms with Crippen LogP contribution in [0.15, 0.2) is 10.4 Å². The molecule has 7 heteroatoms. The number of hydrogen-bond acceptors (Lipinski definition) is 5. The Morgan fingerprint density at radius 1 is 1.15 bits per heavy atom. The van der Waals surface area contributed by atoms with Crippen LogP contribution < -0.4 is 10.0 Å². The number of aromatic nitrogens is 1. The first-order valence-electron chi connectivity index (χ1n) is 9.75. The molecule has 5 nitrogen and oxygen atoms in total. The van der Waals surface area contributed by atoms with E-state index in [1.165, 1.54) is 57.6 Å². The second kappa shape index (κ2) is 7.11. The number of urea groups is 1. The van der Waals surface area contributed by atoms with Gasteiger partial charge in [0.15, 0.2) is 4.34 Å². The summed E-state index contributed by atoms with van der Waals surface area (Å²) >= 11 is 3.03. The molecule has 0 fully saturated rings. The number of amides is 2. The van der Waals surface area contributed by atoms with Gasteiger partial charge >= 0.3 is 6.03 Å². The maximum absolute atomic E-state index is 12.6. The van der Waals surface area contributed by atoms with E-state index in [1.54, 1.807) is 11.3 Å². The van der Waals surface area contributed by atoms with E-state index in [0.29, 0.717) is 0 Å². The molecular formula is C20H24N4OS2. The van der Waals surface area contributed by atoms with Crippen molar-refractivity contribution in [2.24, 2.45) is 0 Å². The van der Waals surface area contributed by atoms with Gasteiger partial charge in [-0.3, -0.25) is 4.72 Å². The van der Waals surface area contributed by atoms with Gasteiger partial charge < -0.3 is 10.2 Å². The van der Waals surface area contributed by atoms with Crippen LogP contribution in [0, 0.1) is 0 Å². The molecule has 142 valence electrons. The van der Waals surface area contributed by atoms with Crippen molar-refractivity contribution in [1.82, 2.24) is 14.6 Å². The Kier molecular flexibility index (Phi) is 4.61. The molecule has 2 amide bonds. The lowest BCUT2D eigenvalue weighted by Crippen LogP contribution is -2.25. The average Bonchev–Trinajstić information content (AvgIpc) is 3.37. The van der Waals surface area contributed by atoms with Gasteiger partial charge in [-0.1, -0.05) is 6.07 Å². The van der Waals surface area contributed by atoms with Gasteiger partial charge in [0.05, 0.1) is 5.69 Å². The van der Waals surface area contributed by atoms with Crippen molar-refractivity contribution in [3.63, 3.8) is 0 Å². The van der Waals surface area contributed by atoms with Crippen LogP contribution in [-0.2, 0) is 38.6 Å². The summed E-state index contributed by atoms with van der Waals surface area (Å²) in [6.45, 7) is 2.01. The summed E-state index contributed by atoms with van der Waals surface area (Å²) in [7, 11) is 2.14. The van der Waals surface area contributed by atoms with E-state index in [4.69, 9.17) is 4.98 Å². The molecule has 5 rings (SSSR count). The van der Waals surface area contributed by atoms with Crippen LogP contribution in [0.5, 0.6) is 0 Å². The van der Waals surface area contributed by atoms with Crippen LogP contribution in [0.25, 0.3) is 0 Å². The number of carbonyl (C=O) groups is 1. The van der Waals surface area contributed by atoms with Crippen molar-refractivity contribution in [3.05, 3.63) is 38.9 Å². The number of likely N-dealkylation sites (N-methyl/N-ethyl adjacent to an activating group) is 1. The number of benzene rings is 1. The zero-order valence-corrected chi connectivity index (χ0v) is 17.2. The molecule has 0 radical (unpaired) electrons. The Morgan fingerprint density at radius 2 is 1.89 bits per heavy atom. The lowest BCUT2D eigenvalue weighted by atomic mass is 9.99. The molecule has 0 saturated carbocycles. The van der Waals surface area contributed by atoms with Crippen molar-refractivity contribution in [1.29, 1.82) is 0 Å². The Balaban J connectivity index is 1.28. The van der Waals surface area contributed by atoms with Crippen LogP contribution in [0.2, 0.25) is 0 Å². The summed E-state index contributed by atoms with van der Waals surface area (Å²) < 4.78 is 3.88. The largest absolute Gasteiger partial charge is 0.329 e. The number of rotatable bonds is 3. The van der Waals surface area contributed by atoms with E-state index >= 15 is 0 Å². The fraction of sp³-hybridized carbons (Fsp3) is 0.500. The highest BCUT2D eigenvalue weighted by atomic mass is 32.2. The molecule has 0 spiro atoms. The van der Waals surface area contributed by atoms with Gasteiger partial charge in [0.25, 0.3) is 0 Å². The van der Waals surface area contributed by atoms with Crippen LogP contribution in [0.4, 0.5) is 10.5 Å². The van der Waals surface area contributed by atoms with E-state index < -0.39 is 0 Å². The van der Waals surface area contributed by atoms with Gasteiger partial charge in [-0.2, -0.15) is 0 Å². The van der Waals surface area contributed by atoms with E-state index in [-0.39, 0.29) is 6.03 Å². The number of nitrogens with zero attached hydrogens (tertiary/aromatic N) is 2. The van der Waals surface area contributed by atoms with Crippen molar-refractivity contribution in [3.8, 4) is 0 Å². The highest BCUT2D eigenvalue weighted by Gasteiger charge is 2.25. The van der Waals surface area contributed by atoms with Crippen molar-refractivity contribution < 1.29 is 4.79 Å². The molecule has 2 aliphatic carbocycles. The molecule has 2 heterocycles. The summed E-state index contributed by atoms with van der Waals surface area (Å²) in [4.78, 5) is 20.9. The molecule has 1 aliphatic heterocycles. The maximum atomic E-state index is 12.6. The summed E-state index contributed by atoms with van der Waals surface area (Å²) in [5.74, 6) is 0. The first-order valence-corrected chi connectivity index (χ1v) is 11.4. The SMILES string of the molecule is CN1CCc2nc(SNC(=O)Nc3c4c(cc5c3CCC5)CCC4)sc2C1. The minimum absolute atomic E-state index is 0.139. The summed E-state index contributed by atoms with van der Waals surface area (Å²) in [6.07, 6.45) is 7.85. The number of aryl methyl sites for hydroxylation is 2. The normalized spacial score (nSPS) is 18.1. The molecule has 0 saturated heterocycles. The predicted octanol–water partition coefficient (Wildman–Crippen LogP) is 3.94. The Labute approximate surface area is 168 Å². The summed E-state index contributed by atoms with van der Waals surface area (Å²) in [6, 6.07) is 2.25. The lowest BCUT2D eigenvalue weighted by molar-refractivity contribution is 0.257. The predicted molar refractivity (Wildman–Crippen MR) is 111 cm³/mol. The summed E-state index contributed by atoms with van der Waals surface area (Å²) in [5.41, 5.74) is 7.90. The zero-order valence-electron chi connectivity index (χ0n) is 15.6. The highest BCUT2D eigenvalue weighted by molar-refractivity contribution is 7.99. The minimum Gasteiger partial charge on any atom is -0.307 e. The number of nitrogens with one attached hydrogen (secondary N) is 2. The first kappa shape index (κ1) is 17.5. The van der Waals surface area contributed by atoms with Crippen molar-refractivity contribution in [2.75, 3.05) is 18.9 Å². The van der Waals surface area contributed by atoms with E-state index in [2.05, 4.69) is 28.1 Å². The van der Waals surface area contributed by atoms with Gasteiger partial charge in [0, 0.05) is 42.0 Å². The Morgan fingerprint density at radius 3 is 2.63 bits per heavy atom. The van der Waals surface area contributed by atoms with Crippen LogP contribution in [0.1, 0.15) is 45.7 Å². The summed E-state index contributed by atoms with van der Waals surface area (Å²) in [5, 5.41) is 3.18. The second-order valence-corrected chi connectivity index (χ2v) is 9.87. The standard InChI is InChI=1S/C20H24N4OS2/c1-24-9-8-16-17(11-24)26-20(21-16)27-23-19(25)22-18-14-6-2-4-12(14)10-13-5-3-7-15(13)18/h10H,2-9,11H2,1H3,(H2,22,23,25). The molecular weight excluding hydrogens is 376 g/mol. The molecule has 0 bridgehead atoms. The third-order valence-electron chi connectivity index (χ3n) is 5.85. The average molecular weight is 401 g/mol. The van der Waals surface area contributed by atoms with Gasteiger partial charge in [-0.25, -0.2) is 9.78 Å². The fourth-order valence-electron chi connectivity index (χ4n) is 4.54. The van der Waals surface area contributed by atoms with E-state index in [1.807, 2.05) is 0 Å². The highest BCUT2D eigenvalue weighted by Crippen LogP contribution is 2.38. The molecule has 3 aliphatic rings. The van der Waals surface area contributed by atoms with Gasteiger partial charge in [0.1, 0.15) is 0 Å². The zero-order chi connectivity index (χ0) is 18.4. The van der Waals surface area contributed by atoms with Crippen LogP contribution >= 0.6 is 23.3 Å². The topological polar surface area (TPSA) is 57.3 Å². The molecule has 27 heavy (non-hydrogen) atoms. The minimum atomic E-state index is -0.139. The molecule has 2 N–H and O–H groups in total. The number of fused-ring (bicyclic) bond motifs is 3. The number of hydrogen-bond donors (Lipinski definition) is 2. The molecule has 0 atom stereocenters. The van der Waals surface area contributed by atoms with Crippen LogP contribution in [0.3, 0.4) is 0 Å². The van der Waals surface area contributed by atoms with Crippen molar-refractivity contribution >= 4 is 35.0 Å². The second-order valence-electron chi connectivity index (χ2n) is 7.73. The Hall–Kier alpha value is -1.57. The van der Waals surface area contributed by atoms with E-state index in [9.17, 15) is 4.79 Å². The Bertz CT molecular complexity index is 876. The van der Waals surface area contributed by atoms with Crippen molar-refractivity contribution in [2.45, 2.75) is 55.8 Å². The fourth-order valence-corrected chi connectivity index (χ4v) is 6.44. The number of carbonyl (C=O) groups excluding carboxylic acids is 1. The third kappa shape index (κ3) is 3.37. The van der Waals surface area contributed by atoms with Crippen LogP contribution in [-0.4, -0.2) is 29.5 Å². The maximum Gasteiger partial charge on any atom is 0.329 e. The van der Waals surface area contributed by atoms with Gasteiger partial charge in [-0.05, 0) is 67.8 Å². The van der Waals surface area contributed by atoms with E-state index in [0.717, 1.165) is 55.2 Å². The lowest BCUT2D eigenvalue weighted by Gasteiger charge is -2.20.